The summed E-state index contributed by atoms with van der Waals surface area (Å²) < 4.78 is 4.74. The molecule has 1 heterocycles. The Morgan fingerprint density at radius 2 is 1.84 bits per heavy atom. The maximum absolute atomic E-state index is 12.7. The summed E-state index contributed by atoms with van der Waals surface area (Å²) in [6.45, 7) is 8.23. The summed E-state index contributed by atoms with van der Waals surface area (Å²) in [6, 6.07) is 0. The Kier molecular flexibility index (Phi) is 4.44. The number of hydrogen-bond acceptors (Lipinski definition) is 5. The van der Waals surface area contributed by atoms with E-state index >= 15 is 0 Å². The van der Waals surface area contributed by atoms with Crippen molar-refractivity contribution in [1.82, 2.24) is 0 Å². The molecule has 0 aromatic heterocycles. The van der Waals surface area contributed by atoms with Gasteiger partial charge < -0.3 is 14.9 Å². The van der Waals surface area contributed by atoms with Crippen molar-refractivity contribution in [3.8, 4) is 0 Å². The number of Topliss-reactive ketones (excluding diaryl/α,β-unsaturated/α-hetero) is 1. The van der Waals surface area contributed by atoms with Crippen LogP contribution in [0.5, 0.6) is 0 Å². The van der Waals surface area contributed by atoms with Gasteiger partial charge in [0.1, 0.15) is 6.10 Å². The van der Waals surface area contributed by atoms with Gasteiger partial charge in [0.05, 0.1) is 0 Å². The van der Waals surface area contributed by atoms with Crippen LogP contribution >= 0.6 is 0 Å². The Morgan fingerprint density at radius 3 is 2.44 bits per heavy atom. The molecule has 0 aromatic rings. The van der Waals surface area contributed by atoms with Crippen molar-refractivity contribution in [3.05, 3.63) is 22.8 Å². The zero-order valence-corrected chi connectivity index (χ0v) is 15.5. The normalized spacial score (nSPS) is 37.7. The highest BCUT2D eigenvalue weighted by molar-refractivity contribution is 6.00. The van der Waals surface area contributed by atoms with Gasteiger partial charge in [0, 0.05) is 17.6 Å². The second-order valence-corrected chi connectivity index (χ2v) is 8.66. The predicted octanol–water partition coefficient (Wildman–Crippen LogP) is 2.66. The smallest absolute Gasteiger partial charge is 0.333 e. The molecule has 0 saturated heterocycles. The summed E-state index contributed by atoms with van der Waals surface area (Å²) in [6.07, 6.45) is 3.27. The monoisotopic (exact) mass is 348 g/mol. The molecule has 2 aliphatic carbocycles. The van der Waals surface area contributed by atoms with Gasteiger partial charge in [-0.3, -0.25) is 4.79 Å². The fourth-order valence-electron chi connectivity index (χ4n) is 5.53. The van der Waals surface area contributed by atoms with Gasteiger partial charge in [0.2, 0.25) is 6.29 Å². The molecule has 1 saturated carbocycles. The van der Waals surface area contributed by atoms with Crippen LogP contribution in [0.4, 0.5) is 0 Å². The Labute approximate surface area is 148 Å². The SMILES string of the molecule is CC1=C(CCC2=CC(=O)O[C@H]2O)[C@@]2(C)CCCC(C)(C)[C@@H]2[C@H](O)C1=O. The summed E-state index contributed by atoms with van der Waals surface area (Å²) >= 11 is 0. The lowest BCUT2D eigenvalue weighted by Gasteiger charge is -2.56. The van der Waals surface area contributed by atoms with Gasteiger partial charge in [-0.15, -0.1) is 0 Å². The zero-order valence-electron chi connectivity index (χ0n) is 15.5. The van der Waals surface area contributed by atoms with Crippen LogP contribution in [0.25, 0.3) is 0 Å². The predicted molar refractivity (Wildman–Crippen MR) is 92.4 cm³/mol. The third kappa shape index (κ3) is 2.87. The first-order chi connectivity index (χ1) is 11.6. The summed E-state index contributed by atoms with van der Waals surface area (Å²) in [7, 11) is 0. The minimum atomic E-state index is -1.18. The number of cyclic esters (lactones) is 1. The first kappa shape index (κ1) is 18.3. The number of ether oxygens (including phenoxy) is 1. The van der Waals surface area contributed by atoms with E-state index in [1.54, 1.807) is 6.92 Å². The van der Waals surface area contributed by atoms with Gasteiger partial charge in [-0.1, -0.05) is 32.8 Å². The lowest BCUT2D eigenvalue weighted by Crippen LogP contribution is -2.55. The summed E-state index contributed by atoms with van der Waals surface area (Å²) in [5.41, 5.74) is 1.91. The molecule has 4 atom stereocenters. The van der Waals surface area contributed by atoms with Crippen molar-refractivity contribution in [1.29, 1.82) is 0 Å². The molecule has 0 bridgehead atoms. The topological polar surface area (TPSA) is 83.8 Å². The number of ketones is 1. The lowest BCUT2D eigenvalue weighted by atomic mass is 9.48. The number of allylic oxidation sites excluding steroid dienone is 1. The van der Waals surface area contributed by atoms with Gasteiger partial charge in [-0.05, 0) is 49.0 Å². The Morgan fingerprint density at radius 1 is 1.16 bits per heavy atom. The molecule has 0 unspecified atom stereocenters. The fraction of sp³-hybridized carbons (Fsp3) is 0.700. The summed E-state index contributed by atoms with van der Waals surface area (Å²) in [4.78, 5) is 24.0. The molecule has 0 amide bonds. The van der Waals surface area contributed by atoms with Crippen LogP contribution in [0.1, 0.15) is 59.8 Å². The van der Waals surface area contributed by atoms with E-state index in [9.17, 15) is 19.8 Å². The Hall–Kier alpha value is -1.46. The maximum Gasteiger partial charge on any atom is 0.333 e. The van der Waals surface area contributed by atoms with E-state index in [4.69, 9.17) is 4.74 Å². The average Bonchev–Trinajstić information content (AvgIpc) is 2.81. The minimum Gasteiger partial charge on any atom is -0.429 e. The molecular weight excluding hydrogens is 320 g/mol. The second kappa shape index (κ2) is 6.06. The average molecular weight is 348 g/mol. The highest BCUT2D eigenvalue weighted by Gasteiger charge is 2.56. The van der Waals surface area contributed by atoms with Crippen LogP contribution in [-0.4, -0.2) is 34.4 Å². The second-order valence-electron chi connectivity index (χ2n) is 8.66. The third-order valence-corrected chi connectivity index (χ3v) is 6.65. The number of esters is 1. The number of rotatable bonds is 3. The van der Waals surface area contributed by atoms with Crippen molar-refractivity contribution in [2.45, 2.75) is 72.2 Å². The molecule has 5 nitrogen and oxygen atoms in total. The van der Waals surface area contributed by atoms with Gasteiger partial charge >= 0.3 is 5.97 Å². The molecular formula is C20H28O5. The molecule has 0 spiro atoms. The van der Waals surface area contributed by atoms with Crippen LogP contribution in [0, 0.1) is 16.7 Å². The minimum absolute atomic E-state index is 0.111. The third-order valence-electron chi connectivity index (χ3n) is 6.65. The molecule has 3 rings (SSSR count). The van der Waals surface area contributed by atoms with Gasteiger partial charge in [0.25, 0.3) is 0 Å². The van der Waals surface area contributed by atoms with E-state index in [-0.39, 0.29) is 22.5 Å². The first-order valence-electron chi connectivity index (χ1n) is 9.09. The van der Waals surface area contributed by atoms with E-state index in [2.05, 4.69) is 20.8 Å². The lowest BCUT2D eigenvalue weighted by molar-refractivity contribution is -0.151. The van der Waals surface area contributed by atoms with Crippen molar-refractivity contribution < 1.29 is 24.5 Å². The van der Waals surface area contributed by atoms with Gasteiger partial charge in [0.15, 0.2) is 5.78 Å². The maximum atomic E-state index is 12.7. The number of carbonyl (C=O) groups excluding carboxylic acids is 2. The number of fused-ring (bicyclic) bond motifs is 1. The van der Waals surface area contributed by atoms with Gasteiger partial charge in [-0.2, -0.15) is 0 Å². The summed E-state index contributed by atoms with van der Waals surface area (Å²) in [5, 5.41) is 20.5. The highest BCUT2D eigenvalue weighted by atomic mass is 16.6. The van der Waals surface area contributed by atoms with Crippen LogP contribution < -0.4 is 0 Å². The molecule has 25 heavy (non-hydrogen) atoms. The number of carbonyl (C=O) groups is 2. The zero-order chi connectivity index (χ0) is 18.6. The van der Waals surface area contributed by atoms with Crippen LogP contribution in [-0.2, 0) is 14.3 Å². The van der Waals surface area contributed by atoms with Crippen LogP contribution in [0.15, 0.2) is 22.8 Å². The standard InChI is InChI=1S/C20H28O5/c1-11-13(7-6-12-10-14(21)25-18(12)24)20(4)9-5-8-19(2,3)17(20)16(23)15(11)22/h10,16-18,23-24H,5-9H2,1-4H3/t16-,17+,18-,20-/m1/s1. The van der Waals surface area contributed by atoms with E-state index in [1.807, 2.05) is 0 Å². The fourth-order valence-corrected chi connectivity index (χ4v) is 5.53. The number of aliphatic hydroxyl groups excluding tert-OH is 2. The van der Waals surface area contributed by atoms with Crippen molar-refractivity contribution in [2.24, 2.45) is 16.7 Å². The molecule has 2 N–H and O–H groups in total. The highest BCUT2D eigenvalue weighted by Crippen LogP contribution is 2.59. The van der Waals surface area contributed by atoms with E-state index in [0.29, 0.717) is 24.0 Å². The summed E-state index contributed by atoms with van der Waals surface area (Å²) in [5.74, 6) is -0.813. The van der Waals surface area contributed by atoms with Gasteiger partial charge in [-0.25, -0.2) is 4.79 Å². The quantitative estimate of drug-likeness (QED) is 0.766. The molecule has 0 aromatic carbocycles. The van der Waals surface area contributed by atoms with Crippen molar-refractivity contribution in [2.75, 3.05) is 0 Å². The number of aliphatic hydroxyl groups is 2. The molecule has 1 aliphatic heterocycles. The van der Waals surface area contributed by atoms with Crippen LogP contribution in [0.3, 0.4) is 0 Å². The van der Waals surface area contributed by atoms with E-state index in [0.717, 1.165) is 24.8 Å². The van der Waals surface area contributed by atoms with Crippen molar-refractivity contribution >= 4 is 11.8 Å². The first-order valence-corrected chi connectivity index (χ1v) is 9.09. The molecule has 1 fully saturated rings. The molecule has 138 valence electrons. The molecule has 5 heteroatoms. The van der Waals surface area contributed by atoms with E-state index in [1.165, 1.54) is 6.08 Å². The van der Waals surface area contributed by atoms with Crippen molar-refractivity contribution in [3.63, 3.8) is 0 Å². The Bertz CT molecular complexity index is 672. The van der Waals surface area contributed by atoms with E-state index < -0.39 is 18.4 Å². The molecule has 3 aliphatic rings. The molecule has 0 radical (unpaired) electrons. The Balaban J connectivity index is 1.94. The largest absolute Gasteiger partial charge is 0.429 e. The number of hydrogen-bond donors (Lipinski definition) is 2. The van der Waals surface area contributed by atoms with Crippen LogP contribution in [0.2, 0.25) is 0 Å².